The Balaban J connectivity index is 1.29. The Labute approximate surface area is 210 Å². The minimum atomic E-state index is -0.929. The molecule has 1 saturated heterocycles. The number of thiophene rings is 1. The monoisotopic (exact) mass is 495 g/mol. The van der Waals surface area contributed by atoms with Crippen molar-refractivity contribution in [3.05, 3.63) is 39.7 Å². The maximum atomic E-state index is 11.8. The fourth-order valence-corrected chi connectivity index (χ4v) is 5.16. The molecule has 0 bridgehead atoms. The summed E-state index contributed by atoms with van der Waals surface area (Å²) >= 11 is 1.22. The number of ether oxygens (including phenoxy) is 1. The lowest BCUT2D eigenvalue weighted by atomic mass is 9.92. The van der Waals surface area contributed by atoms with Crippen LogP contribution in [0, 0.1) is 17.3 Å². The molecule has 0 aromatic carbocycles. The average Bonchev–Trinajstić information content (AvgIpc) is 3.40. The molecule has 2 N–H and O–H groups in total. The van der Waals surface area contributed by atoms with Gasteiger partial charge in [0.25, 0.3) is 0 Å². The van der Waals surface area contributed by atoms with Gasteiger partial charge < -0.3 is 20.1 Å². The van der Waals surface area contributed by atoms with Crippen molar-refractivity contribution < 1.29 is 19.4 Å². The van der Waals surface area contributed by atoms with E-state index in [4.69, 9.17) is 4.74 Å². The smallest absolute Gasteiger partial charge is 0.348 e. The molecule has 186 valence electrons. The number of carboxylic acids is 1. The number of carbonyl (C=O) groups excluding carboxylic acids is 1. The molecule has 0 atom stereocenters. The number of hydrogen-bond donors (Lipinski definition) is 2. The summed E-state index contributed by atoms with van der Waals surface area (Å²) in [5, 5.41) is 13.1. The number of rotatable bonds is 7. The molecule has 2 aromatic heterocycles. The van der Waals surface area contributed by atoms with E-state index in [2.05, 4.69) is 22.1 Å². The SMILES string of the molecule is CC(C)(C)C#Cc1cc(N[C@H]2CC[C@H](Oc3ccc(CN4CCCC4=O)cn3)CC2)c(C(=O)O)s1. The summed E-state index contributed by atoms with van der Waals surface area (Å²) in [6, 6.07) is 5.91. The van der Waals surface area contributed by atoms with Crippen LogP contribution in [0.25, 0.3) is 0 Å². The molecule has 8 heteroatoms. The van der Waals surface area contributed by atoms with Crippen molar-refractivity contribution in [3.8, 4) is 17.7 Å². The molecule has 1 amide bonds. The largest absolute Gasteiger partial charge is 0.477 e. The Morgan fingerprint density at radius 2 is 2.06 bits per heavy atom. The van der Waals surface area contributed by atoms with Crippen molar-refractivity contribution in [1.82, 2.24) is 9.88 Å². The highest BCUT2D eigenvalue weighted by Gasteiger charge is 2.25. The predicted molar refractivity (Wildman–Crippen MR) is 137 cm³/mol. The molecule has 2 aliphatic rings. The molecule has 2 aromatic rings. The van der Waals surface area contributed by atoms with Crippen LogP contribution in [0.2, 0.25) is 0 Å². The lowest BCUT2D eigenvalue weighted by Gasteiger charge is -2.29. The zero-order chi connectivity index (χ0) is 25.0. The molecule has 2 fully saturated rings. The molecule has 1 aliphatic carbocycles. The van der Waals surface area contributed by atoms with E-state index in [1.54, 1.807) is 6.20 Å². The highest BCUT2D eigenvalue weighted by Crippen LogP contribution is 2.31. The molecular weight excluding hydrogens is 462 g/mol. The number of pyridine rings is 1. The van der Waals surface area contributed by atoms with Crippen molar-refractivity contribution in [2.24, 2.45) is 5.41 Å². The van der Waals surface area contributed by atoms with Gasteiger partial charge in [0.1, 0.15) is 11.0 Å². The number of nitrogens with one attached hydrogen (secondary N) is 1. The molecule has 0 radical (unpaired) electrons. The second kappa shape index (κ2) is 10.7. The molecular formula is C27H33N3O4S. The van der Waals surface area contributed by atoms with Crippen molar-refractivity contribution in [3.63, 3.8) is 0 Å². The molecule has 1 aliphatic heterocycles. The first-order chi connectivity index (χ1) is 16.7. The van der Waals surface area contributed by atoms with E-state index >= 15 is 0 Å². The van der Waals surface area contributed by atoms with Crippen LogP contribution in [-0.2, 0) is 11.3 Å². The zero-order valence-corrected chi connectivity index (χ0v) is 21.4. The Hall–Kier alpha value is -3.05. The first-order valence-corrected chi connectivity index (χ1v) is 13.0. The fraction of sp³-hybridized carbons (Fsp3) is 0.519. The Morgan fingerprint density at radius 3 is 2.66 bits per heavy atom. The number of aromatic nitrogens is 1. The van der Waals surface area contributed by atoms with Crippen LogP contribution >= 0.6 is 11.3 Å². The average molecular weight is 496 g/mol. The lowest BCUT2D eigenvalue weighted by molar-refractivity contribution is -0.128. The van der Waals surface area contributed by atoms with Crippen molar-refractivity contribution in [1.29, 1.82) is 0 Å². The van der Waals surface area contributed by atoms with Gasteiger partial charge in [-0.2, -0.15) is 0 Å². The zero-order valence-electron chi connectivity index (χ0n) is 20.6. The third kappa shape index (κ3) is 6.98. The Bertz CT molecular complexity index is 1120. The van der Waals surface area contributed by atoms with Gasteiger partial charge in [0, 0.05) is 43.2 Å². The number of anilines is 1. The summed E-state index contributed by atoms with van der Waals surface area (Å²) in [7, 11) is 0. The first-order valence-electron chi connectivity index (χ1n) is 12.2. The molecule has 7 nitrogen and oxygen atoms in total. The number of carbonyl (C=O) groups is 2. The van der Waals surface area contributed by atoms with Crippen LogP contribution in [0.15, 0.2) is 24.4 Å². The summed E-state index contributed by atoms with van der Waals surface area (Å²) in [6.07, 6.45) is 6.96. The third-order valence-corrected chi connectivity index (χ3v) is 7.19. The number of nitrogens with zero attached hydrogens (tertiary/aromatic N) is 2. The van der Waals surface area contributed by atoms with Crippen molar-refractivity contribution >= 4 is 28.9 Å². The van der Waals surface area contributed by atoms with E-state index in [1.165, 1.54) is 11.3 Å². The minimum Gasteiger partial charge on any atom is -0.477 e. The Kier molecular flexibility index (Phi) is 7.66. The summed E-state index contributed by atoms with van der Waals surface area (Å²) in [5.74, 6) is 6.17. The van der Waals surface area contributed by atoms with Gasteiger partial charge in [0.15, 0.2) is 0 Å². The van der Waals surface area contributed by atoms with Gasteiger partial charge >= 0.3 is 5.97 Å². The summed E-state index contributed by atoms with van der Waals surface area (Å²) in [4.78, 5) is 30.9. The van der Waals surface area contributed by atoms with Crippen LogP contribution in [0.1, 0.15) is 79.4 Å². The topological polar surface area (TPSA) is 91.8 Å². The summed E-state index contributed by atoms with van der Waals surface area (Å²) < 4.78 is 6.10. The van der Waals surface area contributed by atoms with E-state index < -0.39 is 5.97 Å². The predicted octanol–water partition coefficient (Wildman–Crippen LogP) is 5.16. The fourth-order valence-electron chi connectivity index (χ4n) is 4.35. The van der Waals surface area contributed by atoms with E-state index in [0.717, 1.165) is 49.1 Å². The van der Waals surface area contributed by atoms with Crippen LogP contribution < -0.4 is 10.1 Å². The van der Waals surface area contributed by atoms with Gasteiger partial charge in [-0.15, -0.1) is 11.3 Å². The van der Waals surface area contributed by atoms with E-state index in [9.17, 15) is 14.7 Å². The number of carboxylic acid groups (broad SMARTS) is 1. The maximum absolute atomic E-state index is 11.8. The van der Waals surface area contributed by atoms with Crippen LogP contribution in [0.5, 0.6) is 5.88 Å². The minimum absolute atomic E-state index is 0.0844. The number of amides is 1. The summed E-state index contributed by atoms with van der Waals surface area (Å²) in [5.41, 5.74) is 1.53. The highest BCUT2D eigenvalue weighted by atomic mass is 32.1. The van der Waals surface area contributed by atoms with Gasteiger partial charge in [0.05, 0.1) is 10.6 Å². The van der Waals surface area contributed by atoms with Crippen molar-refractivity contribution in [2.75, 3.05) is 11.9 Å². The lowest BCUT2D eigenvalue weighted by Crippen LogP contribution is -2.31. The first kappa shape index (κ1) is 25.1. The second-order valence-corrected chi connectivity index (χ2v) is 11.4. The molecule has 35 heavy (non-hydrogen) atoms. The Morgan fingerprint density at radius 1 is 1.29 bits per heavy atom. The standard InChI is InChI=1S/C27H33N3O4S/c1-27(2,3)13-12-21-15-22(25(35-21)26(32)33)29-19-7-9-20(10-8-19)34-23-11-6-18(16-28-23)17-30-14-4-5-24(30)31/h6,11,15-16,19-20,29H,4-5,7-10,14,17H2,1-3H3,(H,32,33)/t19-,20-. The van der Waals surface area contributed by atoms with Gasteiger partial charge in [-0.1, -0.05) is 17.9 Å². The third-order valence-electron chi connectivity index (χ3n) is 6.15. The normalized spacial score (nSPS) is 20.3. The number of likely N-dealkylation sites (tertiary alicyclic amines) is 1. The molecule has 1 saturated carbocycles. The van der Waals surface area contributed by atoms with E-state index in [0.29, 0.717) is 29.4 Å². The highest BCUT2D eigenvalue weighted by molar-refractivity contribution is 7.15. The quantitative estimate of drug-likeness (QED) is 0.516. The van der Waals surface area contributed by atoms with E-state index in [1.807, 2.05) is 43.9 Å². The second-order valence-electron chi connectivity index (χ2n) is 10.3. The summed E-state index contributed by atoms with van der Waals surface area (Å²) in [6.45, 7) is 7.52. The van der Waals surface area contributed by atoms with Gasteiger partial charge in [-0.25, -0.2) is 9.78 Å². The van der Waals surface area contributed by atoms with Crippen LogP contribution in [0.4, 0.5) is 5.69 Å². The molecule has 0 unspecified atom stereocenters. The molecule has 4 rings (SSSR count). The molecule has 0 spiro atoms. The molecule has 3 heterocycles. The van der Waals surface area contributed by atoms with Gasteiger partial charge in [-0.05, 0) is 64.5 Å². The number of aromatic carboxylic acids is 1. The van der Waals surface area contributed by atoms with Gasteiger partial charge in [0.2, 0.25) is 11.8 Å². The maximum Gasteiger partial charge on any atom is 0.348 e. The van der Waals surface area contributed by atoms with Crippen molar-refractivity contribution in [2.45, 2.75) is 78.0 Å². The van der Waals surface area contributed by atoms with Crippen LogP contribution in [-0.4, -0.2) is 45.6 Å². The van der Waals surface area contributed by atoms with Crippen LogP contribution in [0.3, 0.4) is 0 Å². The van der Waals surface area contributed by atoms with E-state index in [-0.39, 0.29) is 23.5 Å². The van der Waals surface area contributed by atoms with Gasteiger partial charge in [-0.3, -0.25) is 4.79 Å². The number of hydrogen-bond acceptors (Lipinski definition) is 6.